The number of thiazole rings is 1. The van der Waals surface area contributed by atoms with E-state index in [1.165, 1.54) is 25.3 Å². The summed E-state index contributed by atoms with van der Waals surface area (Å²) >= 11 is 4.17. The zero-order valence-corrected chi connectivity index (χ0v) is 23.9. The lowest BCUT2D eigenvalue weighted by Gasteiger charge is -2.24. The highest BCUT2D eigenvalue weighted by molar-refractivity contribution is 9.10. The van der Waals surface area contributed by atoms with Gasteiger partial charge in [0.2, 0.25) is 0 Å². The number of rotatable bonds is 6. The minimum Gasteiger partial charge on any atom is -0.507 e. The molecule has 5 rings (SSSR count). The number of nitrogens with zero attached hydrogens (tertiary/aromatic N) is 2. The van der Waals surface area contributed by atoms with E-state index in [9.17, 15) is 24.6 Å². The summed E-state index contributed by atoms with van der Waals surface area (Å²) in [5, 5.41) is 21.9. The molecule has 1 saturated heterocycles. The number of aliphatic hydroxyl groups excluding tert-OH is 1. The quantitative estimate of drug-likeness (QED) is 0.173. The maximum Gasteiger partial charge on any atom is 0.350 e. The predicted octanol–water partition coefficient (Wildman–Crippen LogP) is 4.50. The number of methoxy groups -OCH3 is 1. The van der Waals surface area contributed by atoms with E-state index in [-0.39, 0.29) is 43.7 Å². The summed E-state index contributed by atoms with van der Waals surface area (Å²) in [4.78, 5) is 45.3. The number of halogens is 1. The number of amides is 1. The highest BCUT2D eigenvalue weighted by Gasteiger charge is 2.49. The number of aryl methyl sites for hydroxylation is 1. The van der Waals surface area contributed by atoms with Gasteiger partial charge in [0.15, 0.2) is 28.1 Å². The fourth-order valence-corrected chi connectivity index (χ4v) is 5.92. The van der Waals surface area contributed by atoms with Gasteiger partial charge >= 0.3 is 11.9 Å². The molecule has 0 saturated carbocycles. The number of hydrogen-bond donors (Lipinski definition) is 2. The summed E-state index contributed by atoms with van der Waals surface area (Å²) in [7, 11) is 1.35. The van der Waals surface area contributed by atoms with Crippen molar-refractivity contribution in [1.29, 1.82) is 0 Å². The molecule has 1 fully saturated rings. The SMILES string of the molecule is CCOC(=O)c1sc(N2C(=O)C(=O)C(=C(O)c3ccc4c(c3)OCCO4)C2c2cc(Br)c(O)c(OC)c2)nc1C. The van der Waals surface area contributed by atoms with Crippen LogP contribution in [0.1, 0.15) is 39.5 Å². The second kappa shape index (κ2) is 10.8. The van der Waals surface area contributed by atoms with E-state index < -0.39 is 29.5 Å². The van der Waals surface area contributed by atoms with E-state index in [0.717, 1.165) is 16.2 Å². The molecule has 3 aromatic rings. The van der Waals surface area contributed by atoms with Gasteiger partial charge in [-0.25, -0.2) is 9.78 Å². The van der Waals surface area contributed by atoms with Gasteiger partial charge in [0.1, 0.15) is 23.9 Å². The molecular formula is C27H23BrN2O9S. The van der Waals surface area contributed by atoms with Crippen LogP contribution >= 0.6 is 27.3 Å². The smallest absolute Gasteiger partial charge is 0.350 e. The van der Waals surface area contributed by atoms with Crippen LogP contribution in [0.3, 0.4) is 0 Å². The lowest BCUT2D eigenvalue weighted by molar-refractivity contribution is -0.132. The second-order valence-corrected chi connectivity index (χ2v) is 10.5. The van der Waals surface area contributed by atoms with Crippen LogP contribution in [0.2, 0.25) is 0 Å². The maximum atomic E-state index is 13.5. The number of aromatic nitrogens is 1. The van der Waals surface area contributed by atoms with Gasteiger partial charge in [0.25, 0.3) is 5.78 Å². The third-order valence-corrected chi connectivity index (χ3v) is 8.04. The monoisotopic (exact) mass is 630 g/mol. The Hall–Kier alpha value is -4.10. The number of phenolic OH excluding ortho intramolecular Hbond substituents is 1. The highest BCUT2D eigenvalue weighted by atomic mass is 79.9. The lowest BCUT2D eigenvalue weighted by atomic mass is 9.95. The van der Waals surface area contributed by atoms with Gasteiger partial charge in [-0.15, -0.1) is 0 Å². The Morgan fingerprint density at radius 3 is 2.62 bits per heavy atom. The van der Waals surface area contributed by atoms with Crippen molar-refractivity contribution < 1.29 is 43.5 Å². The number of Topliss-reactive ketones (excluding diaryl/α,β-unsaturated/α-hetero) is 1. The molecule has 0 bridgehead atoms. The summed E-state index contributed by atoms with van der Waals surface area (Å²) in [6.07, 6.45) is 0. The molecule has 1 amide bonds. The summed E-state index contributed by atoms with van der Waals surface area (Å²) < 4.78 is 21.8. The average molecular weight is 631 g/mol. The Labute approximate surface area is 240 Å². The topological polar surface area (TPSA) is 145 Å². The van der Waals surface area contributed by atoms with E-state index in [1.54, 1.807) is 26.0 Å². The van der Waals surface area contributed by atoms with Crippen molar-refractivity contribution in [3.63, 3.8) is 0 Å². The van der Waals surface area contributed by atoms with Crippen LogP contribution in [-0.2, 0) is 14.3 Å². The molecule has 1 unspecified atom stereocenters. The number of anilines is 1. The van der Waals surface area contributed by atoms with E-state index >= 15 is 0 Å². The first-order valence-corrected chi connectivity index (χ1v) is 13.7. The lowest BCUT2D eigenvalue weighted by Crippen LogP contribution is -2.29. The molecule has 3 heterocycles. The molecule has 0 radical (unpaired) electrons. The van der Waals surface area contributed by atoms with Crippen molar-refractivity contribution in [2.45, 2.75) is 19.9 Å². The molecule has 0 aliphatic carbocycles. The molecule has 11 nitrogen and oxygen atoms in total. The van der Waals surface area contributed by atoms with Gasteiger partial charge in [-0.05, 0) is 65.7 Å². The number of hydrogen-bond acceptors (Lipinski definition) is 11. The normalized spacial score (nSPS) is 17.7. The van der Waals surface area contributed by atoms with Crippen LogP contribution < -0.4 is 19.1 Å². The summed E-state index contributed by atoms with van der Waals surface area (Å²) in [5.41, 5.74) is 0.632. The first kappa shape index (κ1) is 27.5. The minimum atomic E-state index is -1.19. The molecular weight excluding hydrogens is 608 g/mol. The number of fused-ring (bicyclic) bond motifs is 1. The summed E-state index contributed by atoms with van der Waals surface area (Å²) in [6, 6.07) is 6.43. The van der Waals surface area contributed by atoms with Crippen molar-refractivity contribution in [2.24, 2.45) is 0 Å². The molecule has 2 aliphatic heterocycles. The third kappa shape index (κ3) is 4.64. The standard InChI is InChI=1S/C27H23BrN2O9S/c1-4-37-26(35)24-12(2)29-27(40-24)30-20(14-9-15(28)22(32)18(11-14)36-3)19(23(33)25(30)34)21(31)13-5-6-16-17(10-13)39-8-7-38-16/h5-6,9-11,20,31-32H,4,7-8H2,1-3H3. The van der Waals surface area contributed by atoms with Gasteiger partial charge in [-0.2, -0.15) is 0 Å². The number of phenols is 1. The molecule has 2 aromatic carbocycles. The number of carbonyl (C=O) groups excluding carboxylic acids is 3. The van der Waals surface area contributed by atoms with Crippen LogP contribution in [0.5, 0.6) is 23.0 Å². The third-order valence-electron chi connectivity index (χ3n) is 6.30. The number of aliphatic hydroxyl groups is 1. The van der Waals surface area contributed by atoms with Gasteiger partial charge in [-0.3, -0.25) is 14.5 Å². The Kier molecular flexibility index (Phi) is 7.43. The average Bonchev–Trinajstić information content (AvgIpc) is 3.46. The number of carbonyl (C=O) groups is 3. The fraction of sp³-hybridized carbons (Fsp3) is 0.259. The Balaban J connectivity index is 1.72. The molecule has 2 N–H and O–H groups in total. The number of ether oxygens (including phenoxy) is 4. The van der Waals surface area contributed by atoms with Crippen molar-refractivity contribution >= 4 is 55.8 Å². The van der Waals surface area contributed by atoms with Crippen LogP contribution in [-0.4, -0.2) is 59.8 Å². The molecule has 2 aliphatic rings. The highest BCUT2D eigenvalue weighted by Crippen LogP contribution is 2.47. The number of esters is 1. The Bertz CT molecular complexity index is 1580. The van der Waals surface area contributed by atoms with Gasteiger partial charge in [0.05, 0.1) is 35.5 Å². The predicted molar refractivity (Wildman–Crippen MR) is 147 cm³/mol. The molecule has 1 atom stereocenters. The second-order valence-electron chi connectivity index (χ2n) is 8.71. The van der Waals surface area contributed by atoms with Gasteiger partial charge in [-0.1, -0.05) is 11.3 Å². The molecule has 0 spiro atoms. The zero-order valence-electron chi connectivity index (χ0n) is 21.5. The van der Waals surface area contributed by atoms with Crippen molar-refractivity contribution in [3.8, 4) is 23.0 Å². The number of benzene rings is 2. The molecule has 1 aromatic heterocycles. The number of ketones is 1. The first-order chi connectivity index (χ1) is 19.2. The van der Waals surface area contributed by atoms with Crippen LogP contribution in [0.15, 0.2) is 40.4 Å². The summed E-state index contributed by atoms with van der Waals surface area (Å²) in [5.74, 6) is -2.25. The molecule has 208 valence electrons. The van der Waals surface area contributed by atoms with Crippen LogP contribution in [0, 0.1) is 6.92 Å². The van der Waals surface area contributed by atoms with E-state index in [2.05, 4.69) is 20.9 Å². The van der Waals surface area contributed by atoms with Gasteiger partial charge < -0.3 is 29.2 Å². The largest absolute Gasteiger partial charge is 0.507 e. The van der Waals surface area contributed by atoms with Crippen molar-refractivity contribution in [2.75, 3.05) is 31.8 Å². The van der Waals surface area contributed by atoms with Crippen LogP contribution in [0.4, 0.5) is 5.13 Å². The van der Waals surface area contributed by atoms with E-state index in [0.29, 0.717) is 36.0 Å². The Morgan fingerprint density at radius 1 is 1.20 bits per heavy atom. The minimum absolute atomic E-state index is 0.0528. The van der Waals surface area contributed by atoms with Crippen molar-refractivity contribution in [3.05, 3.63) is 62.1 Å². The molecule has 40 heavy (non-hydrogen) atoms. The zero-order chi connectivity index (χ0) is 28.7. The van der Waals surface area contributed by atoms with E-state index in [1.807, 2.05) is 0 Å². The Morgan fingerprint density at radius 2 is 1.93 bits per heavy atom. The fourth-order valence-electron chi connectivity index (χ4n) is 4.47. The van der Waals surface area contributed by atoms with Crippen LogP contribution in [0.25, 0.3) is 5.76 Å². The van der Waals surface area contributed by atoms with Crippen molar-refractivity contribution in [1.82, 2.24) is 4.98 Å². The maximum absolute atomic E-state index is 13.5. The summed E-state index contributed by atoms with van der Waals surface area (Å²) in [6.45, 7) is 4.10. The van der Waals surface area contributed by atoms with E-state index in [4.69, 9.17) is 18.9 Å². The molecule has 13 heteroatoms. The first-order valence-electron chi connectivity index (χ1n) is 12.1. The number of aromatic hydroxyl groups is 1. The van der Waals surface area contributed by atoms with Gasteiger partial charge in [0, 0.05) is 5.56 Å².